The second-order valence-electron chi connectivity index (χ2n) is 4.13. The average Bonchev–Trinajstić information content (AvgIpc) is 3.00. The van der Waals surface area contributed by atoms with Crippen LogP contribution in [0.1, 0.15) is 18.2 Å². The van der Waals surface area contributed by atoms with Crippen molar-refractivity contribution >= 4 is 21.9 Å². The Labute approximate surface area is 110 Å². The molecule has 92 valence electrons. The summed E-state index contributed by atoms with van der Waals surface area (Å²) in [5.74, 6) is -0.543. The van der Waals surface area contributed by atoms with Crippen LogP contribution in [0.5, 0.6) is 0 Å². The molecule has 0 radical (unpaired) electrons. The van der Waals surface area contributed by atoms with Crippen LogP contribution in [0.4, 0.5) is 0 Å². The van der Waals surface area contributed by atoms with Gasteiger partial charge in [0.15, 0.2) is 0 Å². The van der Waals surface area contributed by atoms with E-state index in [0.717, 1.165) is 10.0 Å². The van der Waals surface area contributed by atoms with Crippen LogP contribution in [0, 0.1) is 5.92 Å². The molecule has 1 aliphatic rings. The molecular weight excluding hydrogens is 302 g/mol. The van der Waals surface area contributed by atoms with Gasteiger partial charge in [0.05, 0.1) is 11.8 Å². The number of aromatic nitrogens is 3. The lowest BCUT2D eigenvalue weighted by Gasteiger charge is -1.93. The Morgan fingerprint density at radius 3 is 3.00 bits per heavy atom. The van der Waals surface area contributed by atoms with E-state index in [1.165, 1.54) is 0 Å². The zero-order chi connectivity index (χ0) is 12.7. The number of carboxylic acids is 1. The Morgan fingerprint density at radius 2 is 2.33 bits per heavy atom. The summed E-state index contributed by atoms with van der Waals surface area (Å²) >= 11 is 3.31. The quantitative estimate of drug-likeness (QED) is 0.933. The number of nitrogens with zero attached hydrogens (tertiary/aromatic N) is 3. The monoisotopic (exact) mass is 309 g/mol. The van der Waals surface area contributed by atoms with Crippen LogP contribution in [-0.2, 0) is 4.79 Å². The van der Waals surface area contributed by atoms with Crippen molar-refractivity contribution in [1.29, 1.82) is 0 Å². The van der Waals surface area contributed by atoms with Crippen LogP contribution in [0.2, 0.25) is 0 Å². The highest BCUT2D eigenvalue weighted by atomic mass is 79.9. The van der Waals surface area contributed by atoms with Gasteiger partial charge in [-0.1, -0.05) is 5.16 Å². The largest absolute Gasteiger partial charge is 0.481 e. The minimum atomic E-state index is -0.816. The third-order valence-electron chi connectivity index (χ3n) is 2.83. The number of pyridine rings is 1. The first-order chi connectivity index (χ1) is 8.65. The minimum Gasteiger partial charge on any atom is -0.481 e. The van der Waals surface area contributed by atoms with Crippen LogP contribution in [0.3, 0.4) is 0 Å². The predicted molar refractivity (Wildman–Crippen MR) is 63.7 cm³/mol. The first-order valence-electron chi connectivity index (χ1n) is 5.32. The Morgan fingerprint density at radius 1 is 1.50 bits per heavy atom. The zero-order valence-corrected chi connectivity index (χ0v) is 10.7. The minimum absolute atomic E-state index is 0.149. The molecule has 1 fully saturated rings. The lowest BCUT2D eigenvalue weighted by atomic mass is 10.3. The van der Waals surface area contributed by atoms with Crippen molar-refractivity contribution in [3.63, 3.8) is 0 Å². The van der Waals surface area contributed by atoms with Crippen molar-refractivity contribution in [2.75, 3.05) is 0 Å². The summed E-state index contributed by atoms with van der Waals surface area (Å²) in [5.41, 5.74) is 0.729. The molecule has 1 aliphatic carbocycles. The number of carbonyl (C=O) groups is 1. The number of halogens is 1. The molecule has 2 unspecified atom stereocenters. The second-order valence-corrected chi connectivity index (χ2v) is 5.05. The summed E-state index contributed by atoms with van der Waals surface area (Å²) in [6.45, 7) is 0. The fourth-order valence-electron chi connectivity index (χ4n) is 1.78. The van der Waals surface area contributed by atoms with Crippen LogP contribution < -0.4 is 0 Å². The van der Waals surface area contributed by atoms with E-state index in [4.69, 9.17) is 9.63 Å². The van der Waals surface area contributed by atoms with Gasteiger partial charge in [0, 0.05) is 22.4 Å². The highest BCUT2D eigenvalue weighted by Crippen LogP contribution is 2.47. The molecule has 2 aromatic rings. The molecule has 1 saturated carbocycles. The van der Waals surface area contributed by atoms with Crippen molar-refractivity contribution in [3.05, 3.63) is 28.8 Å². The van der Waals surface area contributed by atoms with Gasteiger partial charge in [0.2, 0.25) is 11.7 Å². The lowest BCUT2D eigenvalue weighted by molar-refractivity contribution is -0.138. The molecular formula is C11H8BrN3O3. The standard InChI is InChI=1S/C11H8BrN3O3/c12-6-1-5(3-13-4-6)9-14-10(18-15-9)7-2-8(7)11(16)17/h1,3-4,7-8H,2H2,(H,16,17). The van der Waals surface area contributed by atoms with Crippen LogP contribution in [-0.4, -0.2) is 26.2 Å². The van der Waals surface area contributed by atoms with Crippen LogP contribution >= 0.6 is 15.9 Å². The molecule has 0 spiro atoms. The topological polar surface area (TPSA) is 89.1 Å². The van der Waals surface area contributed by atoms with Gasteiger partial charge in [-0.15, -0.1) is 0 Å². The van der Waals surface area contributed by atoms with Gasteiger partial charge in [-0.3, -0.25) is 9.78 Å². The van der Waals surface area contributed by atoms with E-state index in [1.54, 1.807) is 12.4 Å². The van der Waals surface area contributed by atoms with E-state index in [9.17, 15) is 4.79 Å². The van der Waals surface area contributed by atoms with E-state index >= 15 is 0 Å². The molecule has 0 aliphatic heterocycles. The fraction of sp³-hybridized carbons (Fsp3) is 0.273. The molecule has 7 heteroatoms. The summed E-state index contributed by atoms with van der Waals surface area (Å²) < 4.78 is 5.92. The first-order valence-corrected chi connectivity index (χ1v) is 6.12. The van der Waals surface area contributed by atoms with Gasteiger partial charge in [-0.05, 0) is 28.4 Å². The van der Waals surface area contributed by atoms with E-state index in [2.05, 4.69) is 31.1 Å². The third-order valence-corrected chi connectivity index (χ3v) is 3.26. The number of hydrogen-bond acceptors (Lipinski definition) is 5. The number of hydrogen-bond donors (Lipinski definition) is 1. The molecule has 2 heterocycles. The molecule has 2 aromatic heterocycles. The summed E-state index contributed by atoms with van der Waals surface area (Å²) in [4.78, 5) is 19.0. The van der Waals surface area contributed by atoms with E-state index in [0.29, 0.717) is 18.1 Å². The number of aliphatic carboxylic acids is 1. The maximum absolute atomic E-state index is 10.8. The molecule has 1 N–H and O–H groups in total. The molecule has 18 heavy (non-hydrogen) atoms. The van der Waals surface area contributed by atoms with Crippen molar-refractivity contribution in [2.24, 2.45) is 5.92 Å². The van der Waals surface area contributed by atoms with Gasteiger partial charge in [0.25, 0.3) is 0 Å². The summed E-state index contributed by atoms with van der Waals surface area (Å²) in [5, 5.41) is 12.7. The molecule has 3 rings (SSSR count). The highest BCUT2D eigenvalue weighted by Gasteiger charge is 2.48. The Hall–Kier alpha value is -1.76. The highest BCUT2D eigenvalue weighted by molar-refractivity contribution is 9.10. The van der Waals surface area contributed by atoms with Gasteiger partial charge in [-0.2, -0.15) is 4.98 Å². The maximum Gasteiger partial charge on any atom is 0.307 e. The smallest absolute Gasteiger partial charge is 0.307 e. The Kier molecular flexibility index (Phi) is 2.62. The lowest BCUT2D eigenvalue weighted by Crippen LogP contribution is -1.98. The number of rotatable bonds is 3. The van der Waals surface area contributed by atoms with Gasteiger partial charge in [-0.25, -0.2) is 0 Å². The van der Waals surface area contributed by atoms with Gasteiger partial charge in [0.1, 0.15) is 0 Å². The SMILES string of the molecule is O=C(O)C1CC1c1nc(-c2cncc(Br)c2)no1. The molecule has 0 amide bonds. The fourth-order valence-corrected chi connectivity index (χ4v) is 2.14. The second kappa shape index (κ2) is 4.16. The zero-order valence-electron chi connectivity index (χ0n) is 9.08. The third kappa shape index (κ3) is 2.01. The predicted octanol–water partition coefficient (Wildman–Crippen LogP) is 2.08. The van der Waals surface area contributed by atoms with Gasteiger partial charge < -0.3 is 9.63 Å². The molecule has 2 atom stereocenters. The van der Waals surface area contributed by atoms with Crippen molar-refractivity contribution in [2.45, 2.75) is 12.3 Å². The van der Waals surface area contributed by atoms with Crippen molar-refractivity contribution in [3.8, 4) is 11.4 Å². The first kappa shape index (κ1) is 11.3. The van der Waals surface area contributed by atoms with Crippen LogP contribution in [0.25, 0.3) is 11.4 Å². The molecule has 6 nitrogen and oxygen atoms in total. The van der Waals surface area contributed by atoms with Crippen molar-refractivity contribution in [1.82, 2.24) is 15.1 Å². The average molecular weight is 310 g/mol. The van der Waals surface area contributed by atoms with Crippen LogP contribution in [0.15, 0.2) is 27.5 Å². The maximum atomic E-state index is 10.8. The number of carboxylic acid groups (broad SMARTS) is 1. The summed E-state index contributed by atoms with van der Waals surface area (Å²) in [7, 11) is 0. The summed E-state index contributed by atoms with van der Waals surface area (Å²) in [6, 6.07) is 1.82. The van der Waals surface area contributed by atoms with E-state index < -0.39 is 5.97 Å². The molecule has 0 saturated heterocycles. The Bertz CT molecular complexity index is 613. The molecule has 0 aromatic carbocycles. The van der Waals surface area contributed by atoms with E-state index in [1.807, 2.05) is 6.07 Å². The molecule has 0 bridgehead atoms. The summed E-state index contributed by atoms with van der Waals surface area (Å²) in [6.07, 6.45) is 3.85. The van der Waals surface area contributed by atoms with E-state index in [-0.39, 0.29) is 11.8 Å². The van der Waals surface area contributed by atoms with Crippen molar-refractivity contribution < 1.29 is 14.4 Å². The normalized spacial score (nSPS) is 21.8. The van der Waals surface area contributed by atoms with Gasteiger partial charge >= 0.3 is 5.97 Å². The Balaban J connectivity index is 1.84.